The second-order valence-electron chi connectivity index (χ2n) is 6.17. The van der Waals surface area contributed by atoms with Crippen LogP contribution in [0.4, 0.5) is 10.1 Å². The van der Waals surface area contributed by atoms with E-state index < -0.39 is 6.04 Å². The van der Waals surface area contributed by atoms with Gasteiger partial charge in [0.15, 0.2) is 6.04 Å². The molecule has 3 N–H and O–H groups in total. The van der Waals surface area contributed by atoms with E-state index in [1.165, 1.54) is 12.1 Å². The van der Waals surface area contributed by atoms with Crippen LogP contribution in [-0.2, 0) is 11.3 Å². The molecule has 5 heteroatoms. The summed E-state index contributed by atoms with van der Waals surface area (Å²) in [7, 11) is 1.63. The lowest BCUT2D eigenvalue weighted by molar-refractivity contribution is -0.697. The van der Waals surface area contributed by atoms with E-state index in [1.54, 1.807) is 19.2 Å². The van der Waals surface area contributed by atoms with Crippen molar-refractivity contribution in [1.29, 1.82) is 0 Å². The van der Waals surface area contributed by atoms with Gasteiger partial charge in [0.05, 0.1) is 7.11 Å². The molecule has 0 aliphatic carbocycles. The Kier molecular flexibility index (Phi) is 6.18. The van der Waals surface area contributed by atoms with Gasteiger partial charge in [0.25, 0.3) is 5.91 Å². The maximum Gasteiger partial charge on any atom is 0.287 e. The third-order valence-electron chi connectivity index (χ3n) is 4.30. The van der Waals surface area contributed by atoms with Crippen LogP contribution in [0.25, 0.3) is 0 Å². The van der Waals surface area contributed by atoms with Crippen LogP contribution in [0.1, 0.15) is 17.2 Å². The number of benzene rings is 3. The van der Waals surface area contributed by atoms with Gasteiger partial charge in [0, 0.05) is 16.8 Å². The van der Waals surface area contributed by atoms with Gasteiger partial charge in [-0.2, -0.15) is 0 Å². The highest BCUT2D eigenvalue weighted by Gasteiger charge is 2.24. The van der Waals surface area contributed by atoms with Crippen molar-refractivity contribution < 1.29 is 19.2 Å². The number of ether oxygens (including phenoxy) is 1. The predicted molar refractivity (Wildman–Crippen MR) is 103 cm³/mol. The van der Waals surface area contributed by atoms with E-state index in [-0.39, 0.29) is 11.7 Å². The first-order chi connectivity index (χ1) is 13.2. The maximum absolute atomic E-state index is 13.1. The molecule has 3 rings (SSSR count). The number of rotatable bonds is 7. The minimum absolute atomic E-state index is 0.152. The highest BCUT2D eigenvalue weighted by atomic mass is 19.1. The summed E-state index contributed by atoms with van der Waals surface area (Å²) in [6, 6.07) is 22.7. The number of nitrogens with two attached hydrogens (primary N) is 1. The maximum atomic E-state index is 13.1. The fourth-order valence-corrected chi connectivity index (χ4v) is 2.82. The summed E-state index contributed by atoms with van der Waals surface area (Å²) < 4.78 is 18.3. The lowest BCUT2D eigenvalue weighted by Gasteiger charge is -2.16. The summed E-state index contributed by atoms with van der Waals surface area (Å²) in [4.78, 5) is 12.9. The Bertz CT molecular complexity index is 865. The van der Waals surface area contributed by atoms with Gasteiger partial charge in [-0.25, -0.2) is 4.39 Å². The molecule has 138 valence electrons. The number of halogens is 1. The topological polar surface area (TPSA) is 54.9 Å². The number of amides is 1. The Morgan fingerprint density at radius 2 is 1.67 bits per heavy atom. The molecule has 0 aliphatic rings. The lowest BCUT2D eigenvalue weighted by atomic mass is 10.1. The standard InChI is InChI=1S/C22H21FN2O2/c1-27-20-13-7-16(8-14-20)15-24-21(17-5-3-2-4-6-17)22(26)25-19-11-9-18(23)10-12-19/h2-14,21,24H,15H2,1H3,(H,25,26)/p+1/t21-/m0/s1. The van der Waals surface area contributed by atoms with Crippen LogP contribution in [-0.4, -0.2) is 13.0 Å². The number of quaternary nitrogens is 1. The minimum atomic E-state index is -0.418. The number of carbonyl (C=O) groups is 1. The average molecular weight is 365 g/mol. The highest BCUT2D eigenvalue weighted by Crippen LogP contribution is 2.15. The first-order valence-electron chi connectivity index (χ1n) is 8.73. The highest BCUT2D eigenvalue weighted by molar-refractivity contribution is 5.94. The van der Waals surface area contributed by atoms with Crippen LogP contribution < -0.4 is 15.4 Å². The third kappa shape index (κ3) is 5.15. The van der Waals surface area contributed by atoms with Crippen molar-refractivity contribution >= 4 is 11.6 Å². The van der Waals surface area contributed by atoms with Crippen molar-refractivity contribution in [2.24, 2.45) is 0 Å². The third-order valence-corrected chi connectivity index (χ3v) is 4.30. The van der Waals surface area contributed by atoms with E-state index in [0.717, 1.165) is 16.9 Å². The van der Waals surface area contributed by atoms with Gasteiger partial charge in [-0.15, -0.1) is 0 Å². The van der Waals surface area contributed by atoms with Crippen molar-refractivity contribution in [2.45, 2.75) is 12.6 Å². The number of nitrogens with one attached hydrogen (secondary N) is 1. The molecule has 0 aromatic heterocycles. The molecule has 0 bridgehead atoms. The predicted octanol–water partition coefficient (Wildman–Crippen LogP) is 3.28. The number of hydrogen-bond acceptors (Lipinski definition) is 2. The average Bonchev–Trinajstić information content (AvgIpc) is 2.71. The molecule has 0 heterocycles. The fourth-order valence-electron chi connectivity index (χ4n) is 2.82. The molecule has 1 amide bonds. The monoisotopic (exact) mass is 365 g/mol. The smallest absolute Gasteiger partial charge is 0.287 e. The van der Waals surface area contributed by atoms with Crippen LogP contribution in [0.15, 0.2) is 78.9 Å². The van der Waals surface area contributed by atoms with Gasteiger partial charge in [0.1, 0.15) is 18.1 Å². The van der Waals surface area contributed by atoms with Gasteiger partial charge >= 0.3 is 0 Å². The zero-order valence-electron chi connectivity index (χ0n) is 15.1. The Morgan fingerprint density at radius 3 is 2.30 bits per heavy atom. The number of methoxy groups -OCH3 is 1. The van der Waals surface area contributed by atoms with Crippen LogP contribution in [0, 0.1) is 5.82 Å². The molecule has 27 heavy (non-hydrogen) atoms. The molecule has 0 spiro atoms. The molecule has 0 saturated carbocycles. The molecule has 0 fully saturated rings. The van der Waals surface area contributed by atoms with Crippen molar-refractivity contribution in [1.82, 2.24) is 0 Å². The molecule has 1 atom stereocenters. The first-order valence-corrected chi connectivity index (χ1v) is 8.73. The zero-order valence-corrected chi connectivity index (χ0v) is 15.1. The summed E-state index contributed by atoms with van der Waals surface area (Å²) in [5, 5.41) is 4.85. The SMILES string of the molecule is COc1ccc(C[NH2+][C@H](C(=O)Nc2ccc(F)cc2)c2ccccc2)cc1. The molecule has 0 aliphatic heterocycles. The molecule has 4 nitrogen and oxygen atoms in total. The Hall–Kier alpha value is -3.18. The summed E-state index contributed by atoms with van der Waals surface area (Å²) in [6.45, 7) is 0.639. The quantitative estimate of drug-likeness (QED) is 0.675. The van der Waals surface area contributed by atoms with Crippen molar-refractivity contribution in [3.63, 3.8) is 0 Å². The lowest BCUT2D eigenvalue weighted by Crippen LogP contribution is -2.85. The largest absolute Gasteiger partial charge is 0.497 e. The van der Waals surface area contributed by atoms with E-state index in [1.807, 2.05) is 59.9 Å². The van der Waals surface area contributed by atoms with E-state index in [4.69, 9.17) is 4.74 Å². The van der Waals surface area contributed by atoms with Gasteiger partial charge in [-0.3, -0.25) is 4.79 Å². The number of anilines is 1. The molecule has 0 saturated heterocycles. The second-order valence-corrected chi connectivity index (χ2v) is 6.17. The number of carbonyl (C=O) groups excluding carboxylic acids is 1. The summed E-state index contributed by atoms with van der Waals surface area (Å²) >= 11 is 0. The van der Waals surface area contributed by atoms with E-state index >= 15 is 0 Å². The van der Waals surface area contributed by atoms with Gasteiger partial charge in [0.2, 0.25) is 0 Å². The van der Waals surface area contributed by atoms with Crippen LogP contribution in [0.3, 0.4) is 0 Å². The summed E-state index contributed by atoms with van der Waals surface area (Å²) in [6.07, 6.45) is 0. The summed E-state index contributed by atoms with van der Waals surface area (Å²) in [5.41, 5.74) is 2.57. The van der Waals surface area contributed by atoms with Crippen molar-refractivity contribution in [2.75, 3.05) is 12.4 Å². The van der Waals surface area contributed by atoms with Crippen LogP contribution >= 0.6 is 0 Å². The Labute approximate surface area is 158 Å². The van der Waals surface area contributed by atoms with Crippen LogP contribution in [0.2, 0.25) is 0 Å². The molecule has 3 aromatic carbocycles. The molecule has 0 unspecified atom stereocenters. The second kappa shape index (κ2) is 8.96. The number of hydrogen-bond donors (Lipinski definition) is 2. The van der Waals surface area contributed by atoms with E-state index in [9.17, 15) is 9.18 Å². The molecule has 0 radical (unpaired) electrons. The van der Waals surface area contributed by atoms with Crippen molar-refractivity contribution in [3.8, 4) is 5.75 Å². The van der Waals surface area contributed by atoms with E-state index in [2.05, 4.69) is 5.32 Å². The summed E-state index contributed by atoms with van der Waals surface area (Å²) in [5.74, 6) is 0.312. The molecular formula is C22H22FN2O2+. The normalized spacial score (nSPS) is 11.6. The Balaban J connectivity index is 1.74. The van der Waals surface area contributed by atoms with Crippen LogP contribution in [0.5, 0.6) is 5.75 Å². The molecular weight excluding hydrogens is 343 g/mol. The zero-order chi connectivity index (χ0) is 19.1. The van der Waals surface area contributed by atoms with Gasteiger partial charge in [-0.05, 0) is 48.5 Å². The molecule has 3 aromatic rings. The van der Waals surface area contributed by atoms with E-state index in [0.29, 0.717) is 12.2 Å². The fraction of sp³-hybridized carbons (Fsp3) is 0.136. The van der Waals surface area contributed by atoms with Gasteiger partial charge in [-0.1, -0.05) is 30.3 Å². The van der Waals surface area contributed by atoms with Crippen molar-refractivity contribution in [3.05, 3.63) is 95.8 Å². The Morgan fingerprint density at radius 1 is 1.00 bits per heavy atom. The first kappa shape index (κ1) is 18.6. The van der Waals surface area contributed by atoms with Gasteiger partial charge < -0.3 is 15.4 Å². The minimum Gasteiger partial charge on any atom is -0.497 e.